The first-order valence-electron chi connectivity index (χ1n) is 9.68. The molecule has 1 spiro atoms. The Bertz CT molecular complexity index is 975. The van der Waals surface area contributed by atoms with Crippen LogP contribution in [0.5, 0.6) is 0 Å². The fourth-order valence-corrected chi connectivity index (χ4v) is 4.98. The second kappa shape index (κ2) is 9.49. The van der Waals surface area contributed by atoms with Gasteiger partial charge in [0.25, 0.3) is 5.91 Å². The number of aryl methyl sites for hydroxylation is 2. The second-order valence-electron chi connectivity index (χ2n) is 7.70. The van der Waals surface area contributed by atoms with E-state index >= 15 is 0 Å². The predicted molar refractivity (Wildman–Crippen MR) is 108 cm³/mol. The molecule has 12 heteroatoms. The first-order chi connectivity index (χ1) is 15.0. The number of amides is 1. The molecule has 2 aromatic heterocycles. The number of pyridine rings is 1. The number of aliphatic carboxylic acids is 1. The van der Waals surface area contributed by atoms with Crippen molar-refractivity contribution in [2.45, 2.75) is 43.9 Å². The molecular weight excluding hydrogens is 451 g/mol. The molecule has 2 saturated heterocycles. The van der Waals surface area contributed by atoms with Crippen LogP contribution < -0.4 is 0 Å². The quantitative estimate of drug-likeness (QED) is 0.722. The van der Waals surface area contributed by atoms with Crippen LogP contribution >= 0.6 is 11.8 Å². The molecule has 0 bridgehead atoms. The Hall–Kier alpha value is -2.60. The molecule has 0 aromatic carbocycles. The first-order valence-corrected chi connectivity index (χ1v) is 10.7. The number of aromatic nitrogens is 2. The van der Waals surface area contributed by atoms with E-state index in [1.807, 2.05) is 48.7 Å². The van der Waals surface area contributed by atoms with Crippen LogP contribution in [0.15, 0.2) is 28.8 Å². The van der Waals surface area contributed by atoms with Gasteiger partial charge in [-0.3, -0.25) is 9.78 Å². The van der Waals surface area contributed by atoms with Gasteiger partial charge in [0.1, 0.15) is 0 Å². The standard InChI is InChI=1S/C18H21N3O3S.C2HF3O2/c1-12-4-3-5-14(19-12)8-23-15-7-18(25-9-15)10-21(11-18)17(22)16-6-13(2)20-24-16;3-2(4,5)1(6)7/h3-6,15H,7-11H2,1-2H3;(H,6,7). The van der Waals surface area contributed by atoms with E-state index in [9.17, 15) is 18.0 Å². The van der Waals surface area contributed by atoms with Gasteiger partial charge in [-0.15, -0.1) is 11.8 Å². The number of rotatable bonds is 4. The van der Waals surface area contributed by atoms with Crippen molar-refractivity contribution in [1.82, 2.24) is 15.0 Å². The van der Waals surface area contributed by atoms with Crippen molar-refractivity contribution in [1.29, 1.82) is 0 Å². The number of hydrogen-bond donors (Lipinski definition) is 1. The van der Waals surface area contributed by atoms with Crippen LogP contribution in [-0.2, 0) is 16.1 Å². The summed E-state index contributed by atoms with van der Waals surface area (Å²) in [6.45, 7) is 5.84. The number of alkyl halides is 3. The highest BCUT2D eigenvalue weighted by molar-refractivity contribution is 8.01. The molecule has 1 atom stereocenters. The van der Waals surface area contributed by atoms with E-state index in [0.29, 0.717) is 12.4 Å². The highest BCUT2D eigenvalue weighted by atomic mass is 32.2. The minimum Gasteiger partial charge on any atom is -0.475 e. The lowest BCUT2D eigenvalue weighted by Crippen LogP contribution is -2.60. The van der Waals surface area contributed by atoms with Crippen molar-refractivity contribution < 1.29 is 37.1 Å². The lowest BCUT2D eigenvalue weighted by atomic mass is 9.92. The van der Waals surface area contributed by atoms with Crippen LogP contribution in [0.2, 0.25) is 0 Å². The third-order valence-electron chi connectivity index (χ3n) is 4.91. The third kappa shape index (κ3) is 6.00. The third-order valence-corrected chi connectivity index (χ3v) is 6.49. The molecule has 2 fully saturated rings. The zero-order valence-electron chi connectivity index (χ0n) is 17.4. The lowest BCUT2D eigenvalue weighted by molar-refractivity contribution is -0.192. The van der Waals surface area contributed by atoms with Gasteiger partial charge in [-0.2, -0.15) is 13.2 Å². The highest BCUT2D eigenvalue weighted by Crippen LogP contribution is 2.46. The summed E-state index contributed by atoms with van der Waals surface area (Å²) < 4.78 is 43.0. The number of nitrogens with zero attached hydrogens (tertiary/aromatic N) is 3. The molecule has 8 nitrogen and oxygen atoms in total. The van der Waals surface area contributed by atoms with Gasteiger partial charge in [0.15, 0.2) is 0 Å². The van der Waals surface area contributed by atoms with E-state index in [1.165, 1.54) is 0 Å². The monoisotopic (exact) mass is 473 g/mol. The Morgan fingerprint density at radius 3 is 2.56 bits per heavy atom. The maximum atomic E-state index is 12.3. The molecule has 4 rings (SSSR count). The minimum atomic E-state index is -5.08. The molecule has 2 aromatic rings. The molecule has 174 valence electrons. The summed E-state index contributed by atoms with van der Waals surface area (Å²) >= 11 is 1.91. The fraction of sp³-hybridized carbons (Fsp3) is 0.500. The Kier molecular flexibility index (Phi) is 7.13. The summed E-state index contributed by atoms with van der Waals surface area (Å²) in [5.74, 6) is -1.53. The molecule has 0 aliphatic carbocycles. The number of hydrogen-bond acceptors (Lipinski definition) is 7. The van der Waals surface area contributed by atoms with E-state index in [4.69, 9.17) is 19.2 Å². The predicted octanol–water partition coefficient (Wildman–Crippen LogP) is 3.24. The highest BCUT2D eigenvalue weighted by Gasteiger charge is 2.51. The van der Waals surface area contributed by atoms with E-state index < -0.39 is 12.1 Å². The van der Waals surface area contributed by atoms with Crippen LogP contribution in [0.25, 0.3) is 0 Å². The average Bonchev–Trinajstić information content (AvgIpc) is 3.31. The molecule has 1 amide bonds. The van der Waals surface area contributed by atoms with Crippen molar-refractivity contribution in [2.24, 2.45) is 0 Å². The number of carbonyl (C=O) groups is 2. The lowest BCUT2D eigenvalue weighted by Gasteiger charge is -2.46. The van der Waals surface area contributed by atoms with Crippen molar-refractivity contribution in [2.75, 3.05) is 18.8 Å². The number of likely N-dealkylation sites (tertiary alicyclic amines) is 1. The van der Waals surface area contributed by atoms with Crippen LogP contribution in [0.4, 0.5) is 13.2 Å². The molecule has 0 radical (unpaired) electrons. The summed E-state index contributed by atoms with van der Waals surface area (Å²) in [4.78, 5) is 27.5. The number of ether oxygens (including phenoxy) is 1. The summed E-state index contributed by atoms with van der Waals surface area (Å²) in [6.07, 6.45) is -3.89. The van der Waals surface area contributed by atoms with Crippen molar-refractivity contribution in [3.05, 3.63) is 47.1 Å². The van der Waals surface area contributed by atoms with E-state index in [2.05, 4.69) is 10.1 Å². The molecule has 4 heterocycles. The van der Waals surface area contributed by atoms with Gasteiger partial charge in [-0.05, 0) is 32.4 Å². The molecule has 1 N–H and O–H groups in total. The topological polar surface area (TPSA) is 106 Å². The number of carboxylic acid groups (broad SMARTS) is 1. The van der Waals surface area contributed by atoms with Crippen LogP contribution in [-0.4, -0.2) is 67.9 Å². The molecule has 2 aliphatic heterocycles. The number of halogens is 3. The van der Waals surface area contributed by atoms with Gasteiger partial charge in [0.2, 0.25) is 5.76 Å². The van der Waals surface area contributed by atoms with Gasteiger partial charge in [0, 0.05) is 30.6 Å². The molecule has 0 saturated carbocycles. The maximum Gasteiger partial charge on any atom is 0.490 e. The van der Waals surface area contributed by atoms with Gasteiger partial charge >= 0.3 is 12.1 Å². The molecule has 32 heavy (non-hydrogen) atoms. The zero-order chi connectivity index (χ0) is 23.5. The van der Waals surface area contributed by atoms with E-state index in [0.717, 1.165) is 42.3 Å². The van der Waals surface area contributed by atoms with Crippen LogP contribution in [0, 0.1) is 13.8 Å². The van der Waals surface area contributed by atoms with Crippen molar-refractivity contribution in [3.8, 4) is 0 Å². The summed E-state index contributed by atoms with van der Waals surface area (Å²) in [5.41, 5.74) is 2.71. The van der Waals surface area contributed by atoms with Gasteiger partial charge < -0.3 is 19.3 Å². The molecular formula is C20H22F3N3O5S. The number of thioether (sulfide) groups is 1. The minimum absolute atomic E-state index is 0.0693. The normalized spacial score (nSPS) is 19.3. The molecule has 2 aliphatic rings. The first kappa shape index (κ1) is 24.1. The SMILES string of the molecule is Cc1cc(C(=O)N2CC3(CC(OCc4cccc(C)n4)CS3)C2)on1.O=C(O)C(F)(F)F. The van der Waals surface area contributed by atoms with Gasteiger partial charge in [0.05, 0.1) is 28.8 Å². The smallest absolute Gasteiger partial charge is 0.475 e. The Labute approximate surface area is 186 Å². The van der Waals surface area contributed by atoms with E-state index in [1.54, 1.807) is 6.07 Å². The average molecular weight is 473 g/mol. The molecule has 1 unspecified atom stereocenters. The summed E-state index contributed by atoms with van der Waals surface area (Å²) in [5, 5.41) is 10.9. The van der Waals surface area contributed by atoms with Gasteiger partial charge in [-0.25, -0.2) is 4.79 Å². The summed E-state index contributed by atoms with van der Waals surface area (Å²) in [7, 11) is 0. The largest absolute Gasteiger partial charge is 0.490 e. The zero-order valence-corrected chi connectivity index (χ0v) is 18.2. The number of carboxylic acids is 1. The van der Waals surface area contributed by atoms with Gasteiger partial charge in [-0.1, -0.05) is 11.2 Å². The fourth-order valence-electron chi connectivity index (χ4n) is 3.43. The second-order valence-corrected chi connectivity index (χ2v) is 9.19. The Morgan fingerprint density at radius 1 is 1.31 bits per heavy atom. The summed E-state index contributed by atoms with van der Waals surface area (Å²) in [6, 6.07) is 7.68. The van der Waals surface area contributed by atoms with Crippen molar-refractivity contribution >= 4 is 23.6 Å². The maximum absolute atomic E-state index is 12.3. The van der Waals surface area contributed by atoms with Crippen LogP contribution in [0.3, 0.4) is 0 Å². The van der Waals surface area contributed by atoms with E-state index in [-0.39, 0.29) is 16.8 Å². The Morgan fingerprint density at radius 2 is 2.00 bits per heavy atom. The Balaban J connectivity index is 0.000000360. The number of carbonyl (C=O) groups excluding carboxylic acids is 1. The van der Waals surface area contributed by atoms with Crippen LogP contribution in [0.1, 0.15) is 34.1 Å². The van der Waals surface area contributed by atoms with Crippen molar-refractivity contribution in [3.63, 3.8) is 0 Å².